The van der Waals surface area contributed by atoms with Crippen molar-refractivity contribution in [3.63, 3.8) is 0 Å². The lowest BCUT2D eigenvalue weighted by Crippen LogP contribution is -2.25. The average Bonchev–Trinajstić information content (AvgIpc) is 2.85. The van der Waals surface area contributed by atoms with Gasteiger partial charge in [-0.1, -0.05) is 49.0 Å². The van der Waals surface area contributed by atoms with Crippen molar-refractivity contribution >= 4 is 11.8 Å². The lowest BCUT2D eigenvalue weighted by atomic mass is 10.0. The van der Waals surface area contributed by atoms with Crippen molar-refractivity contribution < 1.29 is 0 Å². The van der Waals surface area contributed by atoms with Crippen LogP contribution >= 0.6 is 11.8 Å². The predicted octanol–water partition coefficient (Wildman–Crippen LogP) is 2.72. The number of nitrogens with zero attached hydrogens (tertiary/aromatic N) is 2. The molecule has 0 saturated heterocycles. The van der Waals surface area contributed by atoms with Gasteiger partial charge in [-0.25, -0.2) is 9.89 Å². The Kier molecular flexibility index (Phi) is 5.25. The number of aromatic amines is 1. The van der Waals surface area contributed by atoms with E-state index in [1.807, 2.05) is 44.2 Å². The van der Waals surface area contributed by atoms with E-state index in [-0.39, 0.29) is 23.0 Å². The minimum absolute atomic E-state index is 0.0733. The van der Waals surface area contributed by atoms with Crippen molar-refractivity contribution in [3.8, 4) is 0 Å². The van der Waals surface area contributed by atoms with Crippen LogP contribution in [-0.4, -0.2) is 20.0 Å². The van der Waals surface area contributed by atoms with Crippen molar-refractivity contribution in [3.05, 3.63) is 46.4 Å². The smallest absolute Gasteiger partial charge is 0.323 e. The van der Waals surface area contributed by atoms with Crippen LogP contribution in [0.15, 0.2) is 40.3 Å². The highest BCUT2D eigenvalue weighted by atomic mass is 32.2. The van der Waals surface area contributed by atoms with Gasteiger partial charge in [0.2, 0.25) is 0 Å². The molecular formula is C15H22N4OS. The van der Waals surface area contributed by atoms with Crippen LogP contribution in [0.25, 0.3) is 0 Å². The summed E-state index contributed by atoms with van der Waals surface area (Å²) >= 11 is 1.56. The zero-order valence-corrected chi connectivity index (χ0v) is 13.4. The topological polar surface area (TPSA) is 76.7 Å². The lowest BCUT2D eigenvalue weighted by Gasteiger charge is -2.22. The number of benzene rings is 1. The second-order valence-electron chi connectivity index (χ2n) is 5.28. The molecule has 0 aliphatic rings. The third kappa shape index (κ3) is 3.57. The Morgan fingerprint density at radius 2 is 2.00 bits per heavy atom. The van der Waals surface area contributed by atoms with Crippen LogP contribution in [0.3, 0.4) is 0 Å². The van der Waals surface area contributed by atoms with Crippen molar-refractivity contribution in [1.29, 1.82) is 0 Å². The SMILES string of the molecule is CCC(Sc1n[nH]c(=O)n1C(C)C)C(N)c1ccccc1. The highest BCUT2D eigenvalue weighted by Gasteiger charge is 2.22. The Balaban J connectivity index is 2.22. The lowest BCUT2D eigenvalue weighted by molar-refractivity contribution is 0.531. The van der Waals surface area contributed by atoms with Gasteiger partial charge in [-0.05, 0) is 25.8 Å². The molecule has 0 aliphatic carbocycles. The minimum atomic E-state index is -0.171. The van der Waals surface area contributed by atoms with Crippen LogP contribution in [0.5, 0.6) is 0 Å². The van der Waals surface area contributed by atoms with E-state index in [0.29, 0.717) is 5.16 Å². The molecule has 0 spiro atoms. The third-order valence-corrected chi connectivity index (χ3v) is 4.86. The standard InChI is InChI=1S/C15H22N4OS/c1-4-12(13(16)11-8-6-5-7-9-11)21-15-18-17-14(20)19(15)10(2)3/h5-10,12-13H,4,16H2,1-3H3,(H,17,20). The van der Waals surface area contributed by atoms with Gasteiger partial charge in [0.05, 0.1) is 0 Å². The first-order valence-electron chi connectivity index (χ1n) is 7.18. The molecule has 1 aromatic heterocycles. The molecule has 0 amide bonds. The van der Waals surface area contributed by atoms with Gasteiger partial charge in [0.1, 0.15) is 0 Å². The second-order valence-corrected chi connectivity index (χ2v) is 6.48. The van der Waals surface area contributed by atoms with E-state index in [1.165, 1.54) is 0 Å². The predicted molar refractivity (Wildman–Crippen MR) is 86.5 cm³/mol. The van der Waals surface area contributed by atoms with Crippen molar-refractivity contribution in [1.82, 2.24) is 14.8 Å². The zero-order valence-electron chi connectivity index (χ0n) is 12.6. The fourth-order valence-corrected chi connectivity index (χ4v) is 3.51. The second kappa shape index (κ2) is 6.95. The van der Waals surface area contributed by atoms with Crippen molar-refractivity contribution in [2.45, 2.75) is 49.7 Å². The van der Waals surface area contributed by atoms with Gasteiger partial charge in [0, 0.05) is 17.3 Å². The summed E-state index contributed by atoms with van der Waals surface area (Å²) in [6.45, 7) is 6.04. The van der Waals surface area contributed by atoms with Gasteiger partial charge < -0.3 is 5.73 Å². The van der Waals surface area contributed by atoms with Gasteiger partial charge in [0.25, 0.3) is 0 Å². The number of H-pyrrole nitrogens is 1. The maximum Gasteiger partial charge on any atom is 0.344 e. The van der Waals surface area contributed by atoms with E-state index < -0.39 is 0 Å². The molecule has 0 fully saturated rings. The van der Waals surface area contributed by atoms with Gasteiger partial charge >= 0.3 is 5.69 Å². The molecule has 2 aromatic rings. The van der Waals surface area contributed by atoms with Crippen LogP contribution in [0.4, 0.5) is 0 Å². The van der Waals surface area contributed by atoms with Crippen LogP contribution in [0.2, 0.25) is 0 Å². The number of rotatable bonds is 6. The van der Waals surface area contributed by atoms with E-state index in [9.17, 15) is 4.79 Å². The Morgan fingerprint density at radius 3 is 2.57 bits per heavy atom. The molecule has 5 nitrogen and oxygen atoms in total. The molecule has 21 heavy (non-hydrogen) atoms. The van der Waals surface area contributed by atoms with Gasteiger partial charge in [-0.3, -0.25) is 4.57 Å². The molecule has 114 valence electrons. The summed E-state index contributed by atoms with van der Waals surface area (Å²) in [5.74, 6) is 0. The Morgan fingerprint density at radius 1 is 1.33 bits per heavy atom. The molecular weight excluding hydrogens is 284 g/mol. The fraction of sp³-hybridized carbons (Fsp3) is 0.467. The monoisotopic (exact) mass is 306 g/mol. The summed E-state index contributed by atoms with van der Waals surface area (Å²) in [4.78, 5) is 11.8. The minimum Gasteiger partial charge on any atom is -0.323 e. The van der Waals surface area contributed by atoms with E-state index >= 15 is 0 Å². The fourth-order valence-electron chi connectivity index (χ4n) is 2.26. The highest BCUT2D eigenvalue weighted by Crippen LogP contribution is 2.32. The summed E-state index contributed by atoms with van der Waals surface area (Å²) in [5, 5.41) is 7.52. The Hall–Kier alpha value is -1.53. The van der Waals surface area contributed by atoms with Crippen molar-refractivity contribution in [2.75, 3.05) is 0 Å². The zero-order chi connectivity index (χ0) is 15.4. The largest absolute Gasteiger partial charge is 0.344 e. The van der Waals surface area contributed by atoms with E-state index in [4.69, 9.17) is 5.73 Å². The normalized spacial score (nSPS) is 14.3. The van der Waals surface area contributed by atoms with E-state index in [2.05, 4.69) is 17.1 Å². The maximum atomic E-state index is 11.8. The molecule has 1 aromatic carbocycles. The quantitative estimate of drug-likeness (QED) is 0.805. The number of nitrogens with two attached hydrogens (primary N) is 1. The first kappa shape index (κ1) is 15.9. The number of aromatic nitrogens is 3. The Bertz CT molecular complexity index is 620. The summed E-state index contributed by atoms with van der Waals surface area (Å²) in [6, 6.07) is 10.0. The number of thioether (sulfide) groups is 1. The van der Waals surface area contributed by atoms with E-state index in [0.717, 1.165) is 12.0 Å². The summed E-state index contributed by atoms with van der Waals surface area (Å²) < 4.78 is 1.67. The Labute approximate surface area is 128 Å². The van der Waals surface area contributed by atoms with Crippen molar-refractivity contribution in [2.24, 2.45) is 5.73 Å². The highest BCUT2D eigenvalue weighted by molar-refractivity contribution is 7.99. The first-order valence-corrected chi connectivity index (χ1v) is 8.06. The number of hydrogen-bond donors (Lipinski definition) is 2. The average molecular weight is 306 g/mol. The molecule has 2 rings (SSSR count). The van der Waals surface area contributed by atoms with Crippen LogP contribution in [-0.2, 0) is 0 Å². The van der Waals surface area contributed by atoms with Crippen LogP contribution in [0.1, 0.15) is 44.8 Å². The molecule has 3 N–H and O–H groups in total. The first-order chi connectivity index (χ1) is 10.0. The molecule has 0 saturated carbocycles. The van der Waals surface area contributed by atoms with Crippen LogP contribution < -0.4 is 11.4 Å². The van der Waals surface area contributed by atoms with Crippen LogP contribution in [0, 0.1) is 0 Å². The molecule has 0 bridgehead atoms. The molecule has 1 heterocycles. The summed E-state index contributed by atoms with van der Waals surface area (Å²) in [6.07, 6.45) is 0.903. The van der Waals surface area contributed by atoms with Gasteiger partial charge in [0.15, 0.2) is 5.16 Å². The maximum absolute atomic E-state index is 11.8. The number of nitrogens with one attached hydrogen (secondary N) is 1. The molecule has 6 heteroatoms. The molecule has 0 aliphatic heterocycles. The summed E-state index contributed by atoms with van der Waals surface area (Å²) in [5.41, 5.74) is 7.32. The molecule has 2 unspecified atom stereocenters. The van der Waals surface area contributed by atoms with E-state index in [1.54, 1.807) is 16.3 Å². The molecule has 0 radical (unpaired) electrons. The third-order valence-electron chi connectivity index (χ3n) is 3.43. The summed E-state index contributed by atoms with van der Waals surface area (Å²) in [7, 11) is 0. The van der Waals surface area contributed by atoms with Gasteiger partial charge in [-0.2, -0.15) is 0 Å². The molecule has 2 atom stereocenters. The number of hydrogen-bond acceptors (Lipinski definition) is 4. The van der Waals surface area contributed by atoms with Gasteiger partial charge in [-0.15, -0.1) is 5.10 Å².